The lowest BCUT2D eigenvalue weighted by Gasteiger charge is -2.37. The Kier molecular flexibility index (Phi) is 12.0. The van der Waals surface area contributed by atoms with Crippen molar-refractivity contribution in [3.05, 3.63) is 58.2 Å². The van der Waals surface area contributed by atoms with E-state index in [9.17, 15) is 18.4 Å². The van der Waals surface area contributed by atoms with Gasteiger partial charge in [-0.1, -0.05) is 37.4 Å². The summed E-state index contributed by atoms with van der Waals surface area (Å²) < 4.78 is 45.1. The number of hydrogen-bond acceptors (Lipinski definition) is 8. The van der Waals surface area contributed by atoms with Gasteiger partial charge in [0.25, 0.3) is 0 Å². The minimum atomic E-state index is -4.27. The summed E-state index contributed by atoms with van der Waals surface area (Å²) in [6, 6.07) is 9.47. The van der Waals surface area contributed by atoms with Gasteiger partial charge in [0.2, 0.25) is 0 Å². The van der Waals surface area contributed by atoms with Crippen LogP contribution in [0.2, 0.25) is 0 Å². The number of likely N-dealkylation sites (tertiary alicyclic amines) is 1. The first-order chi connectivity index (χ1) is 24.4. The molecule has 4 heterocycles. The number of nitrogens with one attached hydrogen (secondary N) is 1. The summed E-state index contributed by atoms with van der Waals surface area (Å²) in [5, 5.41) is 15.7. The van der Waals surface area contributed by atoms with Crippen LogP contribution in [0.15, 0.2) is 30.1 Å². The Morgan fingerprint density at radius 1 is 1.06 bits per heavy atom. The third kappa shape index (κ3) is 9.47. The van der Waals surface area contributed by atoms with E-state index >= 15 is 0 Å². The van der Waals surface area contributed by atoms with Crippen molar-refractivity contribution >= 4 is 34.7 Å². The third-order valence-electron chi connectivity index (χ3n) is 11.1. The second kappa shape index (κ2) is 16.3. The number of piperidine rings is 1. The van der Waals surface area contributed by atoms with E-state index in [0.717, 1.165) is 87.0 Å². The molecule has 0 radical (unpaired) electrons. The molecule has 1 aliphatic carbocycles. The van der Waals surface area contributed by atoms with E-state index in [2.05, 4.69) is 84.0 Å². The highest BCUT2D eigenvalue weighted by Gasteiger charge is 2.31. The van der Waals surface area contributed by atoms with Crippen LogP contribution in [0.5, 0.6) is 0 Å². The molecule has 51 heavy (non-hydrogen) atoms. The van der Waals surface area contributed by atoms with Crippen molar-refractivity contribution < 1.29 is 13.2 Å². The molecular weight excluding hydrogens is 670 g/mol. The average Bonchev–Trinajstić information content (AvgIpc) is 3.85. The van der Waals surface area contributed by atoms with Gasteiger partial charge in [0.05, 0.1) is 12.1 Å². The van der Waals surface area contributed by atoms with Gasteiger partial charge >= 0.3 is 6.18 Å². The molecule has 2 aromatic heterocycles. The van der Waals surface area contributed by atoms with Gasteiger partial charge in [0.15, 0.2) is 0 Å². The first-order valence-corrected chi connectivity index (χ1v) is 19.5. The number of anilines is 1. The van der Waals surface area contributed by atoms with Gasteiger partial charge in [0, 0.05) is 86.2 Å². The molecule has 2 aliphatic heterocycles. The lowest BCUT2D eigenvalue weighted by atomic mass is 9.93. The van der Waals surface area contributed by atoms with Crippen molar-refractivity contribution in [2.45, 2.75) is 110 Å². The van der Waals surface area contributed by atoms with E-state index in [4.69, 9.17) is 0 Å². The molecule has 2 saturated heterocycles. The number of hydrogen-bond donors (Lipinski definition) is 1. The van der Waals surface area contributed by atoms with Crippen LogP contribution in [0.25, 0.3) is 17.0 Å². The van der Waals surface area contributed by atoms with Gasteiger partial charge in [-0.3, -0.25) is 9.80 Å². The maximum atomic E-state index is 13.4. The predicted octanol–water partition coefficient (Wildman–Crippen LogP) is 8.19. The van der Waals surface area contributed by atoms with Gasteiger partial charge in [-0.2, -0.15) is 18.4 Å². The van der Waals surface area contributed by atoms with Crippen molar-refractivity contribution in [1.29, 1.82) is 5.26 Å². The molecule has 276 valence electrons. The van der Waals surface area contributed by atoms with E-state index < -0.39 is 12.6 Å². The number of fused-ring (bicyclic) bond motifs is 1. The molecule has 12 heteroatoms. The number of alkyl halides is 3. The Labute approximate surface area is 305 Å². The van der Waals surface area contributed by atoms with Crippen molar-refractivity contribution in [3.8, 4) is 6.07 Å². The first-order valence-electron chi connectivity index (χ1n) is 18.7. The van der Waals surface area contributed by atoms with Gasteiger partial charge in [-0.05, 0) is 88.1 Å². The second-order valence-electron chi connectivity index (χ2n) is 14.9. The van der Waals surface area contributed by atoms with Crippen LogP contribution in [0.3, 0.4) is 0 Å². The summed E-state index contributed by atoms with van der Waals surface area (Å²) in [7, 11) is 0. The first kappa shape index (κ1) is 37.6. The Balaban J connectivity index is 1.08. The summed E-state index contributed by atoms with van der Waals surface area (Å²) in [4.78, 5) is 13.8. The molecule has 6 rings (SSSR count). The van der Waals surface area contributed by atoms with Crippen molar-refractivity contribution in [3.63, 3.8) is 0 Å². The highest BCUT2D eigenvalue weighted by molar-refractivity contribution is 7.97. The number of aromatic nitrogens is 3. The van der Waals surface area contributed by atoms with Crippen LogP contribution >= 0.6 is 11.9 Å². The number of nitriles is 1. The molecule has 1 N–H and O–H groups in total. The van der Waals surface area contributed by atoms with Gasteiger partial charge in [-0.15, -0.1) is 0 Å². The zero-order valence-electron chi connectivity index (χ0n) is 30.8. The van der Waals surface area contributed by atoms with E-state index in [-0.39, 0.29) is 12.0 Å². The number of allylic oxidation sites excluding steroid dienone is 1. The van der Waals surface area contributed by atoms with Crippen LogP contribution < -0.4 is 5.32 Å². The predicted molar refractivity (Wildman–Crippen MR) is 201 cm³/mol. The largest absolute Gasteiger partial charge is 0.392 e. The van der Waals surface area contributed by atoms with Crippen LogP contribution in [-0.2, 0) is 13.1 Å². The Morgan fingerprint density at radius 3 is 2.43 bits per heavy atom. The highest BCUT2D eigenvalue weighted by atomic mass is 32.2. The zero-order chi connectivity index (χ0) is 36.3. The minimum Gasteiger partial charge on any atom is -0.367 e. The Hall–Kier alpha value is -3.11. The summed E-state index contributed by atoms with van der Waals surface area (Å²) in [6.45, 7) is 17.8. The SMILES string of the molecule is CCC(C)/C(=C\c1c(C)ncnc1NC1CCN(Cc2ccc3c(cc(C#N)n3C[C@H](C)N3CCN(SC4CC4)CC3)c2C)CC1)CC(F)(F)F. The lowest BCUT2D eigenvalue weighted by Crippen LogP contribution is -2.48. The number of piperazine rings is 1. The summed E-state index contributed by atoms with van der Waals surface area (Å²) in [5.74, 6) is 0.410. The maximum Gasteiger partial charge on any atom is 0.392 e. The lowest BCUT2D eigenvalue weighted by molar-refractivity contribution is -0.128. The molecule has 3 fully saturated rings. The smallest absolute Gasteiger partial charge is 0.367 e. The fraction of sp³-hybridized carbons (Fsp3) is 0.615. The molecular formula is C39H53F3N8S. The summed E-state index contributed by atoms with van der Waals surface area (Å²) in [6.07, 6.45) is 3.09. The van der Waals surface area contributed by atoms with Gasteiger partial charge in [-0.25, -0.2) is 14.3 Å². The Bertz CT molecular complexity index is 1730. The standard InChI is InChI=1S/C39H53F3N8S/c1-6-26(2)31(21-39(40,41)42)19-36-29(5)44-25-45-38(36)46-32-11-13-47(14-12-32)24-30-7-10-37-35(28(30)4)20-33(22-43)50(37)23-27(3)48-15-17-49(18-16-48)51-34-8-9-34/h7,10,19-20,25-27,32,34H,6,8-9,11-18,21,23-24H2,1-5H3,(H,44,45,46)/b31-19-/t26?,27-/m0/s1. The van der Waals surface area contributed by atoms with Crippen LogP contribution in [0, 0.1) is 31.1 Å². The van der Waals surface area contributed by atoms with E-state index in [0.29, 0.717) is 35.1 Å². The molecule has 2 atom stereocenters. The summed E-state index contributed by atoms with van der Waals surface area (Å²) >= 11 is 2.05. The molecule has 1 aromatic carbocycles. The molecule has 8 nitrogen and oxygen atoms in total. The second-order valence-corrected chi connectivity index (χ2v) is 16.3. The number of rotatable bonds is 13. The molecule has 1 saturated carbocycles. The number of aryl methyl sites for hydroxylation is 2. The number of halogens is 3. The average molecular weight is 723 g/mol. The molecule has 0 amide bonds. The van der Waals surface area contributed by atoms with Gasteiger partial charge in [0.1, 0.15) is 23.9 Å². The maximum absolute atomic E-state index is 13.4. The fourth-order valence-electron chi connectivity index (χ4n) is 7.48. The van der Waals surface area contributed by atoms with Crippen LogP contribution in [-0.4, -0.2) is 91.4 Å². The van der Waals surface area contributed by atoms with Crippen LogP contribution in [0.4, 0.5) is 19.0 Å². The normalized spacial score (nSPS) is 20.1. The van der Waals surface area contributed by atoms with E-state index in [1.54, 1.807) is 6.08 Å². The molecule has 3 aliphatic rings. The Morgan fingerprint density at radius 2 is 1.78 bits per heavy atom. The van der Waals surface area contributed by atoms with Gasteiger partial charge < -0.3 is 9.88 Å². The number of benzene rings is 1. The van der Waals surface area contributed by atoms with Crippen molar-refractivity contribution in [2.24, 2.45) is 5.92 Å². The number of nitrogens with zero attached hydrogens (tertiary/aromatic N) is 7. The van der Waals surface area contributed by atoms with E-state index in [1.165, 1.54) is 30.3 Å². The molecule has 0 bridgehead atoms. The van der Waals surface area contributed by atoms with Crippen LogP contribution in [0.1, 0.15) is 87.4 Å². The molecule has 1 unspecified atom stereocenters. The summed E-state index contributed by atoms with van der Waals surface area (Å²) in [5.41, 5.74) is 6.02. The quantitative estimate of drug-likeness (QED) is 0.177. The minimum absolute atomic E-state index is 0.162. The monoisotopic (exact) mass is 722 g/mol. The van der Waals surface area contributed by atoms with E-state index in [1.807, 2.05) is 20.8 Å². The third-order valence-corrected chi connectivity index (χ3v) is 12.6. The molecule has 3 aromatic rings. The van der Waals surface area contributed by atoms with Crippen molar-refractivity contribution in [1.82, 2.24) is 28.6 Å². The zero-order valence-corrected chi connectivity index (χ0v) is 31.6. The van der Waals surface area contributed by atoms with Crippen molar-refractivity contribution in [2.75, 3.05) is 44.6 Å². The highest BCUT2D eigenvalue weighted by Crippen LogP contribution is 2.37. The molecule has 0 spiro atoms. The topological polar surface area (TPSA) is 76.2 Å². The fourth-order valence-corrected chi connectivity index (χ4v) is 8.63.